The van der Waals surface area contributed by atoms with Crippen molar-refractivity contribution in [1.29, 1.82) is 0 Å². The topological polar surface area (TPSA) is 26.0 Å². The molecule has 0 radical (unpaired) electrons. The van der Waals surface area contributed by atoms with Gasteiger partial charge in [-0.2, -0.15) is 0 Å². The Morgan fingerprint density at radius 1 is 1.35 bits per heavy atom. The Hall–Kier alpha value is -0.820. The highest BCUT2D eigenvalue weighted by molar-refractivity contribution is 5.39. The lowest BCUT2D eigenvalue weighted by atomic mass is 9.73. The van der Waals surface area contributed by atoms with Crippen molar-refractivity contribution in [3.8, 4) is 0 Å². The molecule has 0 saturated carbocycles. The molecule has 1 aliphatic rings. The van der Waals surface area contributed by atoms with E-state index in [9.17, 15) is 0 Å². The average Bonchev–Trinajstić information content (AvgIpc) is 2.32. The van der Waals surface area contributed by atoms with E-state index in [4.69, 9.17) is 5.73 Å². The van der Waals surface area contributed by atoms with Crippen LogP contribution in [0.2, 0.25) is 0 Å². The van der Waals surface area contributed by atoms with Crippen LogP contribution in [-0.4, -0.2) is 6.04 Å². The first-order valence-corrected chi connectivity index (χ1v) is 7.05. The zero-order valence-electron chi connectivity index (χ0n) is 11.2. The summed E-state index contributed by atoms with van der Waals surface area (Å²) in [6, 6.07) is 9.18. The van der Waals surface area contributed by atoms with Gasteiger partial charge in [-0.1, -0.05) is 51.0 Å². The number of hydrogen-bond acceptors (Lipinski definition) is 1. The molecule has 94 valence electrons. The molecular formula is C16H25N. The quantitative estimate of drug-likeness (QED) is 0.790. The summed E-state index contributed by atoms with van der Waals surface area (Å²) in [5.74, 6) is 1.40. The molecule has 0 bridgehead atoms. The molecule has 1 nitrogen and oxygen atoms in total. The van der Waals surface area contributed by atoms with Crippen molar-refractivity contribution in [2.75, 3.05) is 0 Å². The van der Waals surface area contributed by atoms with Crippen LogP contribution >= 0.6 is 0 Å². The van der Waals surface area contributed by atoms with Gasteiger partial charge in [0, 0.05) is 6.04 Å². The molecule has 1 aromatic rings. The van der Waals surface area contributed by atoms with Crippen LogP contribution in [0.3, 0.4) is 0 Å². The van der Waals surface area contributed by atoms with Crippen molar-refractivity contribution in [3.05, 3.63) is 35.4 Å². The third kappa shape index (κ3) is 2.90. The van der Waals surface area contributed by atoms with E-state index >= 15 is 0 Å². The van der Waals surface area contributed by atoms with E-state index in [1.54, 1.807) is 5.56 Å². The van der Waals surface area contributed by atoms with Gasteiger partial charge in [0.15, 0.2) is 0 Å². The van der Waals surface area contributed by atoms with Gasteiger partial charge < -0.3 is 5.73 Å². The smallest absolute Gasteiger partial charge is 0.00704 e. The number of hydrogen-bond donors (Lipinski definition) is 1. The van der Waals surface area contributed by atoms with Crippen molar-refractivity contribution in [2.24, 2.45) is 11.7 Å². The Bertz CT molecular complexity index is 358. The third-order valence-corrected chi connectivity index (χ3v) is 4.26. The second-order valence-corrected chi connectivity index (χ2v) is 5.62. The van der Waals surface area contributed by atoms with Gasteiger partial charge in [-0.25, -0.2) is 0 Å². The fraction of sp³-hybridized carbons (Fsp3) is 0.625. The Morgan fingerprint density at radius 3 is 2.82 bits per heavy atom. The monoisotopic (exact) mass is 231 g/mol. The van der Waals surface area contributed by atoms with Crippen LogP contribution in [0.25, 0.3) is 0 Å². The summed E-state index contributed by atoms with van der Waals surface area (Å²) in [6.45, 7) is 4.56. The van der Waals surface area contributed by atoms with Crippen LogP contribution in [0.4, 0.5) is 0 Å². The standard InChI is InChI=1S/C16H25N/c1-3-4-7-12(2)16(17)11-14-10-13-8-5-6-9-15(13)14/h5-6,8-9,12,14,16H,3-4,7,10-11,17H2,1-2H3. The van der Waals surface area contributed by atoms with Crippen molar-refractivity contribution in [3.63, 3.8) is 0 Å². The maximum atomic E-state index is 6.33. The SMILES string of the molecule is CCCCC(C)C(N)CC1Cc2ccccc21. The van der Waals surface area contributed by atoms with Crippen LogP contribution in [0.15, 0.2) is 24.3 Å². The molecule has 17 heavy (non-hydrogen) atoms. The molecule has 2 N–H and O–H groups in total. The van der Waals surface area contributed by atoms with Crippen molar-refractivity contribution < 1.29 is 0 Å². The van der Waals surface area contributed by atoms with E-state index in [-0.39, 0.29) is 0 Å². The zero-order chi connectivity index (χ0) is 12.3. The number of rotatable bonds is 6. The first kappa shape index (κ1) is 12.6. The fourth-order valence-electron chi connectivity index (χ4n) is 2.87. The summed E-state index contributed by atoms with van der Waals surface area (Å²) < 4.78 is 0. The lowest BCUT2D eigenvalue weighted by Gasteiger charge is -2.33. The molecule has 2 rings (SSSR count). The second kappa shape index (κ2) is 5.68. The van der Waals surface area contributed by atoms with Gasteiger partial charge >= 0.3 is 0 Å². The largest absolute Gasteiger partial charge is 0.327 e. The Morgan fingerprint density at radius 2 is 2.12 bits per heavy atom. The lowest BCUT2D eigenvalue weighted by molar-refractivity contribution is 0.360. The molecule has 0 heterocycles. The van der Waals surface area contributed by atoms with Crippen molar-refractivity contribution in [1.82, 2.24) is 0 Å². The van der Waals surface area contributed by atoms with E-state index < -0.39 is 0 Å². The number of fused-ring (bicyclic) bond motifs is 1. The molecule has 1 heteroatoms. The highest BCUT2D eigenvalue weighted by Gasteiger charge is 2.28. The summed E-state index contributed by atoms with van der Waals surface area (Å²) in [5, 5.41) is 0. The third-order valence-electron chi connectivity index (χ3n) is 4.26. The Labute approximate surface area is 105 Å². The second-order valence-electron chi connectivity index (χ2n) is 5.62. The van der Waals surface area contributed by atoms with E-state index in [2.05, 4.69) is 38.1 Å². The molecule has 1 aliphatic carbocycles. The van der Waals surface area contributed by atoms with E-state index in [0.717, 1.165) is 5.92 Å². The summed E-state index contributed by atoms with van der Waals surface area (Å²) in [4.78, 5) is 0. The van der Waals surface area contributed by atoms with Gasteiger partial charge in [0.2, 0.25) is 0 Å². The van der Waals surface area contributed by atoms with E-state index in [0.29, 0.717) is 12.0 Å². The summed E-state index contributed by atoms with van der Waals surface area (Å²) in [5.41, 5.74) is 9.41. The first-order chi connectivity index (χ1) is 8.22. The molecular weight excluding hydrogens is 206 g/mol. The van der Waals surface area contributed by atoms with Crippen LogP contribution in [0.5, 0.6) is 0 Å². The molecule has 0 aromatic heterocycles. The first-order valence-electron chi connectivity index (χ1n) is 7.05. The average molecular weight is 231 g/mol. The van der Waals surface area contributed by atoms with Gasteiger partial charge in [0.05, 0.1) is 0 Å². The lowest BCUT2D eigenvalue weighted by Crippen LogP contribution is -2.33. The molecule has 3 unspecified atom stereocenters. The van der Waals surface area contributed by atoms with Gasteiger partial charge in [0.1, 0.15) is 0 Å². The maximum Gasteiger partial charge on any atom is 0.00704 e. The molecule has 0 amide bonds. The van der Waals surface area contributed by atoms with Crippen molar-refractivity contribution >= 4 is 0 Å². The number of benzene rings is 1. The van der Waals surface area contributed by atoms with E-state index in [1.165, 1.54) is 37.7 Å². The summed E-state index contributed by atoms with van der Waals surface area (Å²) >= 11 is 0. The highest BCUT2D eigenvalue weighted by atomic mass is 14.6. The molecule has 0 spiro atoms. The highest BCUT2D eigenvalue weighted by Crippen LogP contribution is 2.38. The van der Waals surface area contributed by atoms with Gasteiger partial charge in [-0.15, -0.1) is 0 Å². The molecule has 1 aromatic carbocycles. The number of nitrogens with two attached hydrogens (primary N) is 1. The Balaban J connectivity index is 1.83. The minimum Gasteiger partial charge on any atom is -0.327 e. The van der Waals surface area contributed by atoms with Crippen molar-refractivity contribution in [2.45, 2.75) is 57.9 Å². The van der Waals surface area contributed by atoms with Crippen LogP contribution in [-0.2, 0) is 6.42 Å². The minimum absolute atomic E-state index is 0.375. The minimum atomic E-state index is 0.375. The zero-order valence-corrected chi connectivity index (χ0v) is 11.2. The van der Waals surface area contributed by atoms with Gasteiger partial charge in [0.25, 0.3) is 0 Å². The normalized spacial score (nSPS) is 21.5. The summed E-state index contributed by atoms with van der Waals surface area (Å²) in [6.07, 6.45) is 6.29. The summed E-state index contributed by atoms with van der Waals surface area (Å²) in [7, 11) is 0. The Kier molecular flexibility index (Phi) is 4.22. The fourth-order valence-corrected chi connectivity index (χ4v) is 2.87. The predicted octanol–water partition coefficient (Wildman–Crippen LogP) is 3.87. The predicted molar refractivity (Wildman–Crippen MR) is 74.2 cm³/mol. The van der Waals surface area contributed by atoms with Crippen LogP contribution in [0, 0.1) is 5.92 Å². The van der Waals surface area contributed by atoms with Crippen LogP contribution in [0.1, 0.15) is 56.6 Å². The maximum absolute atomic E-state index is 6.33. The molecule has 0 aliphatic heterocycles. The molecule has 0 saturated heterocycles. The van der Waals surface area contributed by atoms with E-state index in [1.807, 2.05) is 0 Å². The van der Waals surface area contributed by atoms with Gasteiger partial charge in [-0.05, 0) is 42.2 Å². The van der Waals surface area contributed by atoms with Gasteiger partial charge in [-0.3, -0.25) is 0 Å². The van der Waals surface area contributed by atoms with Crippen LogP contribution < -0.4 is 5.73 Å². The molecule has 0 fully saturated rings. The number of unbranched alkanes of at least 4 members (excludes halogenated alkanes) is 1. The molecule has 3 atom stereocenters.